The number of ether oxygens (including phenoxy) is 2. The van der Waals surface area contributed by atoms with Crippen LogP contribution in [0.25, 0.3) is 16.2 Å². The molecule has 11 heteroatoms. The molecule has 0 atom stereocenters. The Balaban J connectivity index is 3.77. The average Bonchev–Trinajstić information content (AvgIpc) is 2.51. The second-order valence-corrected chi connectivity index (χ2v) is 4.67. The Morgan fingerprint density at radius 1 is 1.46 bits per heavy atom. The molecule has 0 amide bonds. The van der Waals surface area contributed by atoms with Crippen LogP contribution in [0.4, 0.5) is 5.69 Å². The van der Waals surface area contributed by atoms with Gasteiger partial charge in [0.1, 0.15) is 0 Å². The van der Waals surface area contributed by atoms with Crippen molar-refractivity contribution in [2.24, 2.45) is 5.11 Å². The van der Waals surface area contributed by atoms with E-state index in [0.717, 1.165) is 14.0 Å². The van der Waals surface area contributed by atoms with Crippen LogP contribution in [0.1, 0.15) is 12.5 Å². The number of esters is 2. The second-order valence-electron chi connectivity index (χ2n) is 4.23. The van der Waals surface area contributed by atoms with E-state index in [1.807, 2.05) is 0 Å². The van der Waals surface area contributed by atoms with Gasteiger partial charge >= 0.3 is 11.9 Å². The molecule has 0 radical (unpaired) electrons. The third kappa shape index (κ3) is 4.97. The summed E-state index contributed by atoms with van der Waals surface area (Å²) in [4.78, 5) is 35.9. The molecule has 0 spiro atoms. The number of methoxy groups -OCH3 is 1. The third-order valence-corrected chi connectivity index (χ3v) is 2.83. The van der Waals surface area contributed by atoms with Crippen LogP contribution in [-0.4, -0.2) is 30.5 Å². The molecule has 0 aliphatic carbocycles. The molecule has 0 aliphatic rings. The number of benzene rings is 1. The van der Waals surface area contributed by atoms with Crippen molar-refractivity contribution in [1.29, 1.82) is 0 Å². The lowest BCUT2D eigenvalue weighted by Gasteiger charge is -2.13. The maximum absolute atomic E-state index is 11.9. The van der Waals surface area contributed by atoms with E-state index in [1.165, 1.54) is 18.2 Å². The zero-order chi connectivity index (χ0) is 18.3. The van der Waals surface area contributed by atoms with E-state index in [4.69, 9.17) is 21.9 Å². The first-order chi connectivity index (χ1) is 11.3. The largest absolute Gasteiger partial charge is 0.465 e. The fourth-order valence-corrected chi connectivity index (χ4v) is 1.90. The summed E-state index contributed by atoms with van der Waals surface area (Å²) in [6.45, 7) is 0.0658. The molecule has 0 heterocycles. The molecule has 0 saturated carbocycles. The molecule has 0 fully saturated rings. The van der Waals surface area contributed by atoms with Crippen molar-refractivity contribution in [3.63, 3.8) is 0 Å². The summed E-state index contributed by atoms with van der Waals surface area (Å²) < 4.78 is 9.46. The highest BCUT2D eigenvalue weighted by Crippen LogP contribution is 2.33. The summed E-state index contributed by atoms with van der Waals surface area (Å²) in [6, 6.07) is 3.94. The van der Waals surface area contributed by atoms with Gasteiger partial charge in [0.25, 0.3) is 0 Å². The van der Waals surface area contributed by atoms with E-state index in [0.29, 0.717) is 0 Å². The predicted molar refractivity (Wildman–Crippen MR) is 82.8 cm³/mol. The van der Waals surface area contributed by atoms with Crippen LogP contribution >= 0.6 is 11.6 Å². The van der Waals surface area contributed by atoms with Crippen LogP contribution in [0.3, 0.4) is 0 Å². The highest BCUT2D eigenvalue weighted by atomic mass is 35.5. The SMILES string of the molecule is COC(=O)/C(C[N+](=O)[O-])=C(\OC(C)=O)c1cc(Cl)ccc1N=[N+]=[N-]. The Morgan fingerprint density at radius 2 is 2.12 bits per heavy atom. The molecule has 1 rings (SSSR count). The van der Waals surface area contributed by atoms with Crippen LogP contribution in [0.2, 0.25) is 5.02 Å². The molecule has 0 aromatic heterocycles. The Bertz CT molecular complexity index is 770. The molecule has 0 unspecified atom stereocenters. The van der Waals surface area contributed by atoms with Crippen molar-refractivity contribution < 1.29 is 24.0 Å². The number of hydrogen-bond acceptors (Lipinski definition) is 7. The molecular formula is C13H11ClN4O6. The van der Waals surface area contributed by atoms with Gasteiger partial charge in [-0.3, -0.25) is 14.9 Å². The van der Waals surface area contributed by atoms with E-state index >= 15 is 0 Å². The minimum atomic E-state index is -1.07. The first-order valence-electron chi connectivity index (χ1n) is 6.26. The van der Waals surface area contributed by atoms with Gasteiger partial charge in [-0.15, -0.1) is 0 Å². The summed E-state index contributed by atoms with van der Waals surface area (Å²) >= 11 is 5.87. The number of rotatable bonds is 6. The van der Waals surface area contributed by atoms with Gasteiger partial charge in [-0.25, -0.2) is 4.79 Å². The molecule has 0 saturated heterocycles. The van der Waals surface area contributed by atoms with Gasteiger partial charge in [0.15, 0.2) is 11.3 Å². The molecule has 1 aromatic carbocycles. The zero-order valence-corrected chi connectivity index (χ0v) is 13.3. The molecule has 0 aliphatic heterocycles. The van der Waals surface area contributed by atoms with Crippen LogP contribution < -0.4 is 0 Å². The van der Waals surface area contributed by atoms with Crippen LogP contribution in [0.5, 0.6) is 0 Å². The number of hydrogen-bond donors (Lipinski definition) is 0. The molecular weight excluding hydrogens is 344 g/mol. The van der Waals surface area contributed by atoms with E-state index < -0.39 is 34.7 Å². The molecule has 10 nitrogen and oxygen atoms in total. The summed E-state index contributed by atoms with van der Waals surface area (Å²) in [5.74, 6) is -2.38. The third-order valence-electron chi connectivity index (χ3n) is 2.59. The van der Waals surface area contributed by atoms with Crippen molar-refractivity contribution in [3.8, 4) is 0 Å². The predicted octanol–water partition coefficient (Wildman–Crippen LogP) is 3.01. The topological polar surface area (TPSA) is 145 Å². The Hall–Kier alpha value is -3.10. The number of carbonyl (C=O) groups is 2. The second kappa shape index (κ2) is 8.51. The van der Waals surface area contributed by atoms with Crippen LogP contribution in [-0.2, 0) is 19.1 Å². The summed E-state index contributed by atoms with van der Waals surface area (Å²) in [5, 5.41) is 14.4. The number of nitro groups is 1. The van der Waals surface area contributed by atoms with Gasteiger partial charge in [-0.05, 0) is 17.7 Å². The highest BCUT2D eigenvalue weighted by Gasteiger charge is 2.27. The van der Waals surface area contributed by atoms with Gasteiger partial charge < -0.3 is 9.47 Å². The van der Waals surface area contributed by atoms with Crippen molar-refractivity contribution in [3.05, 3.63) is 54.9 Å². The van der Waals surface area contributed by atoms with Crippen molar-refractivity contribution in [2.45, 2.75) is 6.92 Å². The first kappa shape index (κ1) is 18.9. The normalized spacial score (nSPS) is 11.0. The Labute approximate surface area is 140 Å². The van der Waals surface area contributed by atoms with E-state index in [-0.39, 0.29) is 16.3 Å². The van der Waals surface area contributed by atoms with Crippen LogP contribution in [0.15, 0.2) is 28.9 Å². The number of azide groups is 1. The van der Waals surface area contributed by atoms with Crippen molar-refractivity contribution in [2.75, 3.05) is 13.7 Å². The average molecular weight is 355 g/mol. The summed E-state index contributed by atoms with van der Waals surface area (Å²) in [6.07, 6.45) is 0. The van der Waals surface area contributed by atoms with Gasteiger partial charge in [0.2, 0.25) is 6.54 Å². The standard InChI is InChI=1S/C13H11ClN4O6/c1-7(19)24-12(10(6-18(21)22)13(20)23-2)9-5-8(14)3-4-11(9)16-17-15/h3-5H,6H2,1-2H3/b12-10-. The summed E-state index contributed by atoms with van der Waals surface area (Å²) in [5.41, 5.74) is 7.99. The highest BCUT2D eigenvalue weighted by molar-refractivity contribution is 6.30. The number of carbonyl (C=O) groups excluding carboxylic acids is 2. The maximum Gasteiger partial charge on any atom is 0.344 e. The zero-order valence-electron chi connectivity index (χ0n) is 12.6. The molecule has 1 aromatic rings. The van der Waals surface area contributed by atoms with Gasteiger partial charge in [-0.2, -0.15) is 0 Å². The maximum atomic E-state index is 11.9. The number of nitrogens with zero attached hydrogens (tertiary/aromatic N) is 4. The van der Waals surface area contributed by atoms with E-state index in [1.54, 1.807) is 0 Å². The monoisotopic (exact) mass is 354 g/mol. The van der Waals surface area contributed by atoms with E-state index in [2.05, 4.69) is 14.8 Å². The first-order valence-corrected chi connectivity index (χ1v) is 6.64. The van der Waals surface area contributed by atoms with Gasteiger partial charge in [0.05, 0.1) is 7.11 Å². The van der Waals surface area contributed by atoms with E-state index in [9.17, 15) is 19.7 Å². The lowest BCUT2D eigenvalue weighted by molar-refractivity contribution is -0.470. The smallest absolute Gasteiger partial charge is 0.344 e. The molecule has 0 N–H and O–H groups in total. The van der Waals surface area contributed by atoms with Crippen LogP contribution in [0, 0.1) is 10.1 Å². The Morgan fingerprint density at radius 3 is 2.62 bits per heavy atom. The number of halogens is 1. The summed E-state index contributed by atoms with van der Waals surface area (Å²) in [7, 11) is 1.01. The minimum Gasteiger partial charge on any atom is -0.465 e. The fraction of sp³-hybridized carbons (Fsp3) is 0.231. The quantitative estimate of drug-likeness (QED) is 0.112. The molecule has 24 heavy (non-hydrogen) atoms. The van der Waals surface area contributed by atoms with Crippen molar-refractivity contribution >= 4 is 35.0 Å². The van der Waals surface area contributed by atoms with Gasteiger partial charge in [-0.1, -0.05) is 22.8 Å². The lowest BCUT2D eigenvalue weighted by Crippen LogP contribution is -2.18. The lowest BCUT2D eigenvalue weighted by atomic mass is 10.1. The molecule has 0 bridgehead atoms. The Kier molecular flexibility index (Phi) is 6.72. The van der Waals surface area contributed by atoms with Crippen molar-refractivity contribution in [1.82, 2.24) is 0 Å². The van der Waals surface area contributed by atoms with Gasteiger partial charge in [0, 0.05) is 33.0 Å². The minimum absolute atomic E-state index is 0.0390. The fourth-order valence-electron chi connectivity index (χ4n) is 1.73. The molecule has 126 valence electrons.